The molecule has 0 aliphatic carbocycles. The predicted molar refractivity (Wildman–Crippen MR) is 102 cm³/mol. The summed E-state index contributed by atoms with van der Waals surface area (Å²) in [7, 11) is 3.52. The first-order chi connectivity index (χ1) is 13.0. The van der Waals surface area contributed by atoms with Crippen LogP contribution >= 0.6 is 23.2 Å². The van der Waals surface area contributed by atoms with E-state index in [9.17, 15) is 18.0 Å². The maximum absolute atomic E-state index is 14.1. The van der Waals surface area contributed by atoms with Crippen molar-refractivity contribution in [1.29, 1.82) is 0 Å². The summed E-state index contributed by atoms with van der Waals surface area (Å²) in [4.78, 5) is 13.9. The van der Waals surface area contributed by atoms with Crippen LogP contribution < -0.4 is 4.74 Å². The van der Waals surface area contributed by atoms with E-state index in [0.717, 1.165) is 0 Å². The van der Waals surface area contributed by atoms with Gasteiger partial charge in [0.1, 0.15) is 5.75 Å². The van der Waals surface area contributed by atoms with Crippen LogP contribution in [-0.4, -0.2) is 31.0 Å². The van der Waals surface area contributed by atoms with Gasteiger partial charge in [-0.15, -0.1) is 0 Å². The van der Waals surface area contributed by atoms with Gasteiger partial charge in [-0.25, -0.2) is 0 Å². The molecular weight excluding hydrogens is 414 g/mol. The van der Waals surface area contributed by atoms with Crippen molar-refractivity contribution in [3.05, 3.63) is 75.4 Å². The summed E-state index contributed by atoms with van der Waals surface area (Å²) in [5.41, 5.74) is -2.24. The molecule has 148 valence electrons. The number of carbonyl (C=O) groups is 1. The number of carbonyl (C=O) groups excluding carboxylic acids is 1. The van der Waals surface area contributed by atoms with Gasteiger partial charge in [-0.05, 0) is 42.0 Å². The number of hydrogen-bond donors (Lipinski definition) is 0. The highest BCUT2D eigenvalue weighted by Crippen LogP contribution is 2.51. The van der Waals surface area contributed by atoms with Crippen LogP contribution in [0.2, 0.25) is 10.0 Å². The molecule has 3 rings (SSSR count). The van der Waals surface area contributed by atoms with Gasteiger partial charge < -0.3 is 9.64 Å². The summed E-state index contributed by atoms with van der Waals surface area (Å²) in [6, 6.07) is 7.99. The first kappa shape index (κ1) is 20.6. The Morgan fingerprint density at radius 3 is 2.36 bits per heavy atom. The lowest BCUT2D eigenvalue weighted by molar-refractivity contribution is -0.248. The van der Waals surface area contributed by atoms with Crippen LogP contribution in [0.15, 0.2) is 48.7 Å². The third-order valence-corrected chi connectivity index (χ3v) is 4.82. The molecule has 8 heteroatoms. The van der Waals surface area contributed by atoms with Crippen LogP contribution in [0, 0.1) is 0 Å². The summed E-state index contributed by atoms with van der Waals surface area (Å²) in [6.45, 7) is 0. The monoisotopic (exact) mass is 429 g/mol. The van der Waals surface area contributed by atoms with Crippen LogP contribution in [0.25, 0.3) is 0 Å². The van der Waals surface area contributed by atoms with Crippen LogP contribution in [0.5, 0.6) is 5.75 Å². The summed E-state index contributed by atoms with van der Waals surface area (Å²) in [5.74, 6) is -0.242. The Morgan fingerprint density at radius 1 is 1.14 bits per heavy atom. The average molecular weight is 430 g/mol. The third kappa shape index (κ3) is 3.84. The summed E-state index contributed by atoms with van der Waals surface area (Å²) >= 11 is 11.8. The highest BCUT2D eigenvalue weighted by atomic mass is 35.5. The van der Waals surface area contributed by atoms with Crippen LogP contribution in [-0.2, 0) is 12.0 Å². The third-order valence-electron chi connectivity index (χ3n) is 4.38. The Bertz CT molecular complexity index is 937. The van der Waals surface area contributed by atoms with E-state index in [2.05, 4.69) is 0 Å². The molecule has 1 atom stereocenters. The van der Waals surface area contributed by atoms with Gasteiger partial charge in [0.15, 0.2) is 5.78 Å². The van der Waals surface area contributed by atoms with Crippen molar-refractivity contribution < 1.29 is 22.7 Å². The highest BCUT2D eigenvalue weighted by Gasteiger charge is 2.61. The summed E-state index contributed by atoms with van der Waals surface area (Å²) in [5, 5.41) is 0.158. The molecule has 1 unspecified atom stereocenters. The second kappa shape index (κ2) is 7.33. The fourth-order valence-electron chi connectivity index (χ4n) is 3.05. The Kier molecular flexibility index (Phi) is 5.38. The lowest BCUT2D eigenvalue weighted by Crippen LogP contribution is -2.46. The van der Waals surface area contributed by atoms with E-state index in [1.807, 2.05) is 0 Å². The minimum absolute atomic E-state index is 0.0709. The highest BCUT2D eigenvalue weighted by molar-refractivity contribution is 6.34. The first-order valence-electron chi connectivity index (χ1n) is 8.26. The molecule has 0 amide bonds. The number of benzene rings is 2. The fourth-order valence-corrected chi connectivity index (χ4v) is 3.57. The van der Waals surface area contributed by atoms with E-state index in [4.69, 9.17) is 27.9 Å². The molecule has 1 aliphatic rings. The van der Waals surface area contributed by atoms with Gasteiger partial charge in [0, 0.05) is 54.0 Å². The van der Waals surface area contributed by atoms with Gasteiger partial charge in [0.05, 0.1) is 0 Å². The minimum Gasteiger partial charge on any atom is -0.472 e. The summed E-state index contributed by atoms with van der Waals surface area (Å²) < 4.78 is 47.7. The summed E-state index contributed by atoms with van der Waals surface area (Å²) in [6.07, 6.45) is -2.29. The SMILES string of the molecule is CN(C)/C=C/C(=O)c1ccc2c(c1)CC(c1cc(Cl)cc(Cl)c1)(C(F)(F)F)O2. The lowest BCUT2D eigenvalue weighted by atomic mass is 9.88. The van der Waals surface area contributed by atoms with E-state index < -0.39 is 18.2 Å². The number of halogens is 5. The first-order valence-corrected chi connectivity index (χ1v) is 9.02. The zero-order valence-corrected chi connectivity index (χ0v) is 16.5. The van der Waals surface area contributed by atoms with Gasteiger partial charge in [-0.2, -0.15) is 13.2 Å². The molecule has 0 saturated heterocycles. The van der Waals surface area contributed by atoms with Crippen molar-refractivity contribution in [3.63, 3.8) is 0 Å². The molecule has 3 nitrogen and oxygen atoms in total. The Balaban J connectivity index is 2.03. The molecule has 0 aromatic heterocycles. The van der Waals surface area contributed by atoms with E-state index in [1.165, 1.54) is 42.5 Å². The van der Waals surface area contributed by atoms with Crippen LogP contribution in [0.1, 0.15) is 21.5 Å². The number of ether oxygens (including phenoxy) is 1. The van der Waals surface area contributed by atoms with Gasteiger partial charge in [-0.3, -0.25) is 4.79 Å². The molecular formula is C20H16Cl2F3NO2. The van der Waals surface area contributed by atoms with Gasteiger partial charge in [0.25, 0.3) is 0 Å². The molecule has 0 N–H and O–H groups in total. The van der Waals surface area contributed by atoms with E-state index in [0.29, 0.717) is 0 Å². The number of hydrogen-bond acceptors (Lipinski definition) is 3. The van der Waals surface area contributed by atoms with E-state index in [-0.39, 0.29) is 38.3 Å². The number of alkyl halides is 3. The normalized spacial score (nSPS) is 18.8. The predicted octanol–water partition coefficient (Wildman–Crippen LogP) is 5.64. The zero-order chi connectivity index (χ0) is 20.7. The molecule has 1 aliphatic heterocycles. The second-order valence-corrected chi connectivity index (χ2v) is 7.60. The van der Waals surface area contributed by atoms with Gasteiger partial charge in [0.2, 0.25) is 5.60 Å². The molecule has 1 heterocycles. The van der Waals surface area contributed by atoms with Gasteiger partial charge in [-0.1, -0.05) is 23.2 Å². The molecule has 0 radical (unpaired) electrons. The molecule has 2 aromatic carbocycles. The van der Waals surface area contributed by atoms with E-state index >= 15 is 0 Å². The standard InChI is InChI=1S/C20H16Cl2F3NO2/c1-26(2)6-5-17(27)12-3-4-18-13(7-12)11-19(28-18,20(23,24)25)14-8-15(21)10-16(22)9-14/h3-10H,11H2,1-2H3/b6-5+. The van der Waals surface area contributed by atoms with Crippen molar-refractivity contribution >= 4 is 29.0 Å². The smallest absolute Gasteiger partial charge is 0.432 e. The molecule has 0 saturated carbocycles. The Hall–Kier alpha value is -2.18. The minimum atomic E-state index is -4.73. The van der Waals surface area contributed by atoms with Crippen molar-refractivity contribution in [2.75, 3.05) is 14.1 Å². The van der Waals surface area contributed by atoms with Crippen LogP contribution in [0.4, 0.5) is 13.2 Å². The van der Waals surface area contributed by atoms with Crippen molar-refractivity contribution in [2.45, 2.75) is 18.2 Å². The van der Waals surface area contributed by atoms with E-state index in [1.54, 1.807) is 25.2 Å². The molecule has 0 bridgehead atoms. The largest absolute Gasteiger partial charge is 0.472 e. The quantitative estimate of drug-likeness (QED) is 0.464. The van der Waals surface area contributed by atoms with Crippen LogP contribution in [0.3, 0.4) is 0 Å². The lowest BCUT2D eigenvalue weighted by Gasteiger charge is -2.31. The Labute approximate surface area is 170 Å². The van der Waals surface area contributed by atoms with Crippen molar-refractivity contribution in [1.82, 2.24) is 4.90 Å². The van der Waals surface area contributed by atoms with Gasteiger partial charge >= 0.3 is 6.18 Å². The molecule has 0 spiro atoms. The Morgan fingerprint density at radius 2 is 1.79 bits per heavy atom. The topological polar surface area (TPSA) is 29.5 Å². The number of fused-ring (bicyclic) bond motifs is 1. The second-order valence-electron chi connectivity index (χ2n) is 6.73. The molecule has 2 aromatic rings. The van der Waals surface area contributed by atoms with Crippen molar-refractivity contribution in [3.8, 4) is 5.75 Å². The van der Waals surface area contributed by atoms with Crippen molar-refractivity contribution in [2.24, 2.45) is 0 Å². The molecule has 28 heavy (non-hydrogen) atoms. The maximum atomic E-state index is 14.1. The number of allylic oxidation sites excluding steroid dienone is 1. The fraction of sp³-hybridized carbons (Fsp3) is 0.250. The average Bonchev–Trinajstić information content (AvgIpc) is 2.98. The molecule has 0 fully saturated rings. The number of nitrogens with zero attached hydrogens (tertiary/aromatic N) is 1. The number of ketones is 1. The zero-order valence-electron chi connectivity index (χ0n) is 15.0. The number of rotatable bonds is 4. The maximum Gasteiger partial charge on any atom is 0.432 e.